The Morgan fingerprint density at radius 3 is 2.56 bits per heavy atom. The van der Waals surface area contributed by atoms with Crippen molar-refractivity contribution in [3.8, 4) is 0 Å². The Morgan fingerprint density at radius 1 is 1.39 bits per heavy atom. The minimum absolute atomic E-state index is 0.0178. The number of hydrogen-bond acceptors (Lipinski definition) is 5. The highest BCUT2D eigenvalue weighted by Gasteiger charge is 2.21. The minimum Gasteiger partial charge on any atom is -0.465 e. The van der Waals surface area contributed by atoms with Gasteiger partial charge in [0.2, 0.25) is 5.82 Å². The third-order valence-electron chi connectivity index (χ3n) is 2.10. The zero-order valence-corrected chi connectivity index (χ0v) is 11.0. The standard InChI is InChI=1S/C11H18N4O3/c1-5-18-7(16)6-12-9(17)8-13-10(15-14-8)11(2,3)4/h5-6H2,1-4H3,(H,12,17)(H,13,14,15). The largest absolute Gasteiger partial charge is 0.465 e. The fourth-order valence-electron chi connectivity index (χ4n) is 1.14. The van der Waals surface area contributed by atoms with Gasteiger partial charge in [-0.05, 0) is 6.92 Å². The van der Waals surface area contributed by atoms with Crippen LogP contribution >= 0.6 is 0 Å². The van der Waals surface area contributed by atoms with Crippen LogP contribution in [-0.2, 0) is 14.9 Å². The quantitative estimate of drug-likeness (QED) is 0.758. The van der Waals surface area contributed by atoms with Crippen molar-refractivity contribution in [2.45, 2.75) is 33.1 Å². The van der Waals surface area contributed by atoms with Crippen molar-refractivity contribution in [3.05, 3.63) is 11.6 Å². The summed E-state index contributed by atoms with van der Waals surface area (Å²) < 4.78 is 4.69. The Balaban J connectivity index is 2.57. The predicted octanol–water partition coefficient (Wildman–Crippen LogP) is 0.395. The van der Waals surface area contributed by atoms with E-state index in [2.05, 4.69) is 25.2 Å². The summed E-state index contributed by atoms with van der Waals surface area (Å²) in [4.78, 5) is 26.8. The SMILES string of the molecule is CCOC(=O)CNC(=O)c1n[nH]c(C(C)(C)C)n1. The molecule has 0 radical (unpaired) electrons. The van der Waals surface area contributed by atoms with Gasteiger partial charge in [0.25, 0.3) is 5.91 Å². The van der Waals surface area contributed by atoms with E-state index in [1.807, 2.05) is 20.8 Å². The highest BCUT2D eigenvalue weighted by molar-refractivity contribution is 5.92. The number of nitrogens with zero attached hydrogens (tertiary/aromatic N) is 2. The fourth-order valence-corrected chi connectivity index (χ4v) is 1.14. The lowest BCUT2D eigenvalue weighted by molar-refractivity contribution is -0.141. The minimum atomic E-state index is -0.505. The van der Waals surface area contributed by atoms with Crippen LogP contribution in [0.2, 0.25) is 0 Å². The molecule has 7 heteroatoms. The third kappa shape index (κ3) is 3.83. The molecule has 100 valence electrons. The number of rotatable bonds is 4. The molecule has 2 N–H and O–H groups in total. The van der Waals surface area contributed by atoms with Gasteiger partial charge in [0.1, 0.15) is 12.4 Å². The normalized spacial score (nSPS) is 11.1. The van der Waals surface area contributed by atoms with Crippen LogP contribution in [0.1, 0.15) is 44.1 Å². The molecule has 0 aliphatic rings. The van der Waals surface area contributed by atoms with Crippen LogP contribution in [0.4, 0.5) is 0 Å². The summed E-state index contributed by atoms with van der Waals surface area (Å²) in [5.74, 6) is -0.361. The number of nitrogens with one attached hydrogen (secondary N) is 2. The van der Waals surface area contributed by atoms with Gasteiger partial charge in [-0.15, -0.1) is 5.10 Å². The van der Waals surface area contributed by atoms with Gasteiger partial charge in [0.15, 0.2) is 0 Å². The van der Waals surface area contributed by atoms with Gasteiger partial charge in [-0.25, -0.2) is 4.98 Å². The molecule has 0 atom stereocenters. The molecule has 1 rings (SSSR count). The van der Waals surface area contributed by atoms with E-state index in [0.29, 0.717) is 5.82 Å². The molecule has 0 saturated carbocycles. The maximum atomic E-state index is 11.6. The summed E-state index contributed by atoms with van der Waals surface area (Å²) in [5.41, 5.74) is -0.216. The molecule has 0 spiro atoms. The van der Waals surface area contributed by atoms with Crippen molar-refractivity contribution in [1.82, 2.24) is 20.5 Å². The van der Waals surface area contributed by atoms with E-state index in [4.69, 9.17) is 0 Å². The molecular formula is C11H18N4O3. The highest BCUT2D eigenvalue weighted by Crippen LogP contribution is 2.17. The van der Waals surface area contributed by atoms with Crippen LogP contribution in [0.3, 0.4) is 0 Å². The smallest absolute Gasteiger partial charge is 0.325 e. The van der Waals surface area contributed by atoms with E-state index in [1.165, 1.54) is 0 Å². The fraction of sp³-hybridized carbons (Fsp3) is 0.636. The van der Waals surface area contributed by atoms with Crippen molar-refractivity contribution in [2.24, 2.45) is 0 Å². The average molecular weight is 254 g/mol. The second-order valence-corrected chi connectivity index (χ2v) is 4.75. The zero-order valence-electron chi connectivity index (χ0n) is 11.0. The molecule has 0 aromatic carbocycles. The molecular weight excluding hydrogens is 236 g/mol. The first-order chi connectivity index (χ1) is 8.34. The molecule has 0 bridgehead atoms. The molecule has 1 amide bonds. The Labute approximate surface area is 105 Å². The summed E-state index contributed by atoms with van der Waals surface area (Å²) in [6, 6.07) is 0. The van der Waals surface area contributed by atoms with Gasteiger partial charge < -0.3 is 10.1 Å². The number of carbonyl (C=O) groups is 2. The lowest BCUT2D eigenvalue weighted by atomic mass is 9.96. The van der Waals surface area contributed by atoms with Gasteiger partial charge in [0, 0.05) is 5.41 Å². The Bertz CT molecular complexity index is 434. The van der Waals surface area contributed by atoms with Crippen LogP contribution in [0.25, 0.3) is 0 Å². The average Bonchev–Trinajstić information content (AvgIpc) is 2.75. The highest BCUT2D eigenvalue weighted by atomic mass is 16.5. The molecule has 18 heavy (non-hydrogen) atoms. The second kappa shape index (κ2) is 5.61. The van der Waals surface area contributed by atoms with Gasteiger partial charge in [-0.3, -0.25) is 14.7 Å². The van der Waals surface area contributed by atoms with Crippen LogP contribution < -0.4 is 5.32 Å². The van der Waals surface area contributed by atoms with Crippen LogP contribution in [0.15, 0.2) is 0 Å². The van der Waals surface area contributed by atoms with Gasteiger partial charge in [-0.1, -0.05) is 20.8 Å². The van der Waals surface area contributed by atoms with Crippen molar-refractivity contribution in [1.29, 1.82) is 0 Å². The molecule has 1 aromatic rings. The zero-order chi connectivity index (χ0) is 13.8. The Hall–Kier alpha value is -1.92. The van der Waals surface area contributed by atoms with E-state index in [1.54, 1.807) is 6.92 Å². The van der Waals surface area contributed by atoms with Gasteiger partial charge >= 0.3 is 5.97 Å². The topological polar surface area (TPSA) is 97.0 Å². The van der Waals surface area contributed by atoms with E-state index < -0.39 is 11.9 Å². The van der Waals surface area contributed by atoms with E-state index in [0.717, 1.165) is 0 Å². The molecule has 0 aliphatic carbocycles. The summed E-state index contributed by atoms with van der Waals surface area (Å²) in [5, 5.41) is 8.90. The molecule has 0 unspecified atom stereocenters. The third-order valence-corrected chi connectivity index (χ3v) is 2.10. The number of H-pyrrole nitrogens is 1. The Morgan fingerprint density at radius 2 is 2.06 bits per heavy atom. The predicted molar refractivity (Wildman–Crippen MR) is 64.0 cm³/mol. The van der Waals surface area contributed by atoms with E-state index in [-0.39, 0.29) is 24.4 Å². The lowest BCUT2D eigenvalue weighted by Gasteiger charge is -2.12. The summed E-state index contributed by atoms with van der Waals surface area (Å²) in [7, 11) is 0. The first-order valence-corrected chi connectivity index (χ1v) is 5.71. The van der Waals surface area contributed by atoms with Crippen LogP contribution in [-0.4, -0.2) is 40.2 Å². The number of hydrogen-bond donors (Lipinski definition) is 2. The van der Waals surface area contributed by atoms with Gasteiger partial charge in [-0.2, -0.15) is 0 Å². The summed E-state index contributed by atoms with van der Waals surface area (Å²) in [6.45, 7) is 7.65. The number of ether oxygens (including phenoxy) is 1. The number of carbonyl (C=O) groups excluding carboxylic acids is 2. The number of esters is 1. The Kier molecular flexibility index (Phi) is 4.41. The monoisotopic (exact) mass is 254 g/mol. The maximum absolute atomic E-state index is 11.6. The number of aromatic amines is 1. The molecule has 1 heterocycles. The second-order valence-electron chi connectivity index (χ2n) is 4.75. The number of amides is 1. The van der Waals surface area contributed by atoms with Crippen molar-refractivity contribution in [2.75, 3.05) is 13.2 Å². The molecule has 0 fully saturated rings. The summed E-state index contributed by atoms with van der Waals surface area (Å²) in [6.07, 6.45) is 0. The van der Waals surface area contributed by atoms with Crippen molar-refractivity contribution < 1.29 is 14.3 Å². The first kappa shape index (κ1) is 14.1. The van der Waals surface area contributed by atoms with Crippen molar-refractivity contribution in [3.63, 3.8) is 0 Å². The van der Waals surface area contributed by atoms with Crippen LogP contribution in [0, 0.1) is 0 Å². The maximum Gasteiger partial charge on any atom is 0.325 e. The first-order valence-electron chi connectivity index (χ1n) is 5.71. The summed E-state index contributed by atoms with van der Waals surface area (Å²) >= 11 is 0. The molecule has 1 aromatic heterocycles. The number of aromatic nitrogens is 3. The lowest BCUT2D eigenvalue weighted by Crippen LogP contribution is -2.31. The van der Waals surface area contributed by atoms with E-state index in [9.17, 15) is 9.59 Å². The van der Waals surface area contributed by atoms with E-state index >= 15 is 0 Å². The van der Waals surface area contributed by atoms with Crippen molar-refractivity contribution >= 4 is 11.9 Å². The van der Waals surface area contributed by atoms with Crippen LogP contribution in [0.5, 0.6) is 0 Å². The molecule has 7 nitrogen and oxygen atoms in total. The molecule has 0 aliphatic heterocycles. The van der Waals surface area contributed by atoms with Gasteiger partial charge in [0.05, 0.1) is 6.61 Å². The molecule has 0 saturated heterocycles.